The van der Waals surface area contributed by atoms with Gasteiger partial charge in [-0.15, -0.1) is 0 Å². The van der Waals surface area contributed by atoms with Crippen LogP contribution in [0.2, 0.25) is 0 Å². The molecule has 0 aliphatic carbocycles. The summed E-state index contributed by atoms with van der Waals surface area (Å²) in [6.07, 6.45) is -0.447. The Kier molecular flexibility index (Phi) is 12.4. The van der Waals surface area contributed by atoms with Crippen molar-refractivity contribution in [1.82, 2.24) is 26.2 Å². The second-order valence-electron chi connectivity index (χ2n) is 9.54. The van der Waals surface area contributed by atoms with Gasteiger partial charge >= 0.3 is 5.97 Å². The molecule has 0 unspecified atom stereocenters. The molecule has 0 aromatic rings. The molecule has 200 valence electrons. The Morgan fingerprint density at radius 2 is 1.40 bits per heavy atom. The number of amides is 5. The summed E-state index contributed by atoms with van der Waals surface area (Å²) in [4.78, 5) is 75.8. The number of hydrogen-bond acceptors (Lipinski definition) is 7. The van der Waals surface area contributed by atoms with Gasteiger partial charge < -0.3 is 36.4 Å². The van der Waals surface area contributed by atoms with Gasteiger partial charge in [0.15, 0.2) is 0 Å². The average Bonchev–Trinajstić information content (AvgIpc) is 2.73. The van der Waals surface area contributed by atoms with Crippen LogP contribution in [0.3, 0.4) is 0 Å². The first-order valence-electron chi connectivity index (χ1n) is 11.2. The van der Waals surface area contributed by atoms with Gasteiger partial charge in [0, 0.05) is 27.1 Å². The maximum absolute atomic E-state index is 13.2. The van der Waals surface area contributed by atoms with Crippen molar-refractivity contribution < 1.29 is 39.0 Å². The Morgan fingerprint density at radius 1 is 0.857 bits per heavy atom. The van der Waals surface area contributed by atoms with Crippen molar-refractivity contribution in [2.75, 3.05) is 20.7 Å². The van der Waals surface area contributed by atoms with Gasteiger partial charge in [-0.1, -0.05) is 13.8 Å². The number of nitrogens with one attached hydrogen (secondary N) is 4. The third kappa shape index (κ3) is 9.89. The van der Waals surface area contributed by atoms with Crippen LogP contribution in [0.4, 0.5) is 0 Å². The summed E-state index contributed by atoms with van der Waals surface area (Å²) in [6, 6.07) is -4.80. The number of aliphatic carboxylic acids is 1. The number of carbonyl (C=O) groups is 6. The van der Waals surface area contributed by atoms with E-state index >= 15 is 0 Å². The zero-order valence-electron chi connectivity index (χ0n) is 21.6. The minimum atomic E-state index is -1.83. The molecule has 13 nitrogen and oxygen atoms in total. The molecule has 0 aliphatic heterocycles. The fourth-order valence-corrected chi connectivity index (χ4v) is 2.89. The van der Waals surface area contributed by atoms with E-state index in [0.29, 0.717) is 0 Å². The summed E-state index contributed by atoms with van der Waals surface area (Å²) in [6.45, 7) is 8.09. The second kappa shape index (κ2) is 13.6. The lowest BCUT2D eigenvalue weighted by atomic mass is 9.83. The lowest BCUT2D eigenvalue weighted by Crippen LogP contribution is -2.63. The average molecular weight is 502 g/mol. The van der Waals surface area contributed by atoms with E-state index in [2.05, 4.69) is 21.3 Å². The van der Waals surface area contributed by atoms with Crippen LogP contribution < -0.4 is 21.3 Å². The SMILES string of the molecule is CC(=O)N[C@H](C(=O)N[C@H](C(=O)N[C@@H](CC(=O)N(C)C)C(=O)N[C@@H](C)CO)C(C)(C)C(=O)O)C(C)C. The van der Waals surface area contributed by atoms with Crippen molar-refractivity contribution in [3.63, 3.8) is 0 Å². The van der Waals surface area contributed by atoms with Crippen LogP contribution in [0.25, 0.3) is 0 Å². The van der Waals surface area contributed by atoms with Gasteiger partial charge in [-0.05, 0) is 26.7 Å². The monoisotopic (exact) mass is 501 g/mol. The molecule has 0 rings (SSSR count). The van der Waals surface area contributed by atoms with Gasteiger partial charge in [0.1, 0.15) is 18.1 Å². The third-order valence-corrected chi connectivity index (χ3v) is 5.30. The summed E-state index contributed by atoms with van der Waals surface area (Å²) in [5.74, 6) is -5.35. The van der Waals surface area contributed by atoms with Gasteiger partial charge in [0.25, 0.3) is 0 Å². The van der Waals surface area contributed by atoms with Crippen molar-refractivity contribution in [2.45, 2.75) is 72.1 Å². The number of carboxylic acids is 1. The van der Waals surface area contributed by atoms with E-state index in [9.17, 15) is 39.0 Å². The van der Waals surface area contributed by atoms with E-state index in [-0.39, 0.29) is 5.92 Å². The molecule has 13 heteroatoms. The van der Waals surface area contributed by atoms with Gasteiger partial charge in [-0.2, -0.15) is 0 Å². The number of carboxylic acid groups (broad SMARTS) is 1. The van der Waals surface area contributed by atoms with Crippen LogP contribution in [0.5, 0.6) is 0 Å². The van der Waals surface area contributed by atoms with Gasteiger partial charge in [-0.3, -0.25) is 28.8 Å². The Balaban J connectivity index is 6.11. The number of nitrogens with zero attached hydrogens (tertiary/aromatic N) is 1. The highest BCUT2D eigenvalue weighted by Gasteiger charge is 2.44. The summed E-state index contributed by atoms with van der Waals surface area (Å²) in [7, 11) is 2.92. The molecular formula is C22H39N5O8. The molecule has 0 spiro atoms. The molecule has 0 bridgehead atoms. The first kappa shape index (κ1) is 31.8. The molecule has 0 radical (unpaired) electrons. The van der Waals surface area contributed by atoms with Crippen molar-refractivity contribution in [3.8, 4) is 0 Å². The van der Waals surface area contributed by atoms with Crippen LogP contribution in [0, 0.1) is 11.3 Å². The fraction of sp³-hybridized carbons (Fsp3) is 0.727. The number of hydrogen-bond donors (Lipinski definition) is 6. The van der Waals surface area contributed by atoms with E-state index in [1.54, 1.807) is 13.8 Å². The maximum atomic E-state index is 13.2. The minimum Gasteiger partial charge on any atom is -0.481 e. The van der Waals surface area contributed by atoms with E-state index in [1.807, 2.05) is 0 Å². The zero-order valence-corrected chi connectivity index (χ0v) is 21.6. The van der Waals surface area contributed by atoms with E-state index in [1.165, 1.54) is 46.7 Å². The topological polar surface area (TPSA) is 194 Å². The second-order valence-corrected chi connectivity index (χ2v) is 9.54. The molecule has 0 aromatic carbocycles. The quantitative estimate of drug-likeness (QED) is 0.170. The number of rotatable bonds is 13. The molecule has 5 amide bonds. The summed E-state index contributed by atoms with van der Waals surface area (Å²) < 4.78 is 0. The molecule has 6 N–H and O–H groups in total. The molecule has 0 heterocycles. The lowest BCUT2D eigenvalue weighted by molar-refractivity contribution is -0.153. The highest BCUT2D eigenvalue weighted by molar-refractivity contribution is 5.98. The van der Waals surface area contributed by atoms with Crippen LogP contribution in [-0.2, 0) is 28.8 Å². The Labute approximate surface area is 205 Å². The highest BCUT2D eigenvalue weighted by Crippen LogP contribution is 2.22. The summed E-state index contributed by atoms with van der Waals surface area (Å²) >= 11 is 0. The Bertz CT molecular complexity index is 812. The minimum absolute atomic E-state index is 0.383. The molecule has 35 heavy (non-hydrogen) atoms. The van der Waals surface area contributed by atoms with Crippen LogP contribution in [0.15, 0.2) is 0 Å². The lowest BCUT2D eigenvalue weighted by Gasteiger charge is -2.33. The molecule has 0 saturated carbocycles. The predicted octanol–water partition coefficient (Wildman–Crippen LogP) is -1.80. The fourth-order valence-electron chi connectivity index (χ4n) is 2.89. The normalized spacial score (nSPS) is 14.7. The zero-order chi connectivity index (χ0) is 27.7. The number of aliphatic hydroxyl groups is 1. The molecule has 4 atom stereocenters. The Morgan fingerprint density at radius 3 is 1.80 bits per heavy atom. The number of aliphatic hydroxyl groups excluding tert-OH is 1. The molecule has 0 aliphatic rings. The first-order valence-corrected chi connectivity index (χ1v) is 11.2. The first-order chi connectivity index (χ1) is 15.9. The predicted molar refractivity (Wildman–Crippen MR) is 126 cm³/mol. The van der Waals surface area contributed by atoms with Crippen LogP contribution in [-0.4, -0.2) is 95.5 Å². The molecule has 0 fully saturated rings. The van der Waals surface area contributed by atoms with Crippen LogP contribution >= 0.6 is 0 Å². The maximum Gasteiger partial charge on any atom is 0.311 e. The molecule has 0 saturated heterocycles. The van der Waals surface area contributed by atoms with Crippen LogP contribution in [0.1, 0.15) is 48.0 Å². The van der Waals surface area contributed by atoms with Gasteiger partial charge in [0.2, 0.25) is 29.5 Å². The van der Waals surface area contributed by atoms with E-state index < -0.39 is 78.1 Å². The Hall–Kier alpha value is -3.22. The van der Waals surface area contributed by atoms with E-state index in [0.717, 1.165) is 0 Å². The van der Waals surface area contributed by atoms with Crippen molar-refractivity contribution in [2.24, 2.45) is 11.3 Å². The van der Waals surface area contributed by atoms with Crippen molar-refractivity contribution in [1.29, 1.82) is 0 Å². The smallest absolute Gasteiger partial charge is 0.311 e. The summed E-state index contributed by atoms with van der Waals surface area (Å²) in [5.41, 5.74) is -1.83. The largest absolute Gasteiger partial charge is 0.481 e. The van der Waals surface area contributed by atoms with Crippen molar-refractivity contribution in [3.05, 3.63) is 0 Å². The third-order valence-electron chi connectivity index (χ3n) is 5.30. The molecule has 0 aromatic heterocycles. The van der Waals surface area contributed by atoms with E-state index in [4.69, 9.17) is 0 Å². The highest BCUT2D eigenvalue weighted by atomic mass is 16.4. The van der Waals surface area contributed by atoms with Crippen molar-refractivity contribution >= 4 is 35.5 Å². The molecular weight excluding hydrogens is 462 g/mol. The summed E-state index contributed by atoms with van der Waals surface area (Å²) in [5, 5.41) is 28.6. The standard InChI is InChI=1S/C22H39N5O8/c1-11(2)16(24-13(4)29)19(32)26-17(22(5,6)21(34)35)20(33)25-14(9-15(30)27(7)8)18(31)23-12(3)10-28/h11-12,14,16-17,28H,9-10H2,1-8H3,(H,23,31)(H,24,29)(H,25,33)(H,26,32)(H,34,35)/t12-,14-,16-,17+/m0/s1. The van der Waals surface area contributed by atoms with Gasteiger partial charge in [0.05, 0.1) is 18.4 Å². The van der Waals surface area contributed by atoms with Gasteiger partial charge in [-0.25, -0.2) is 0 Å². The number of carbonyl (C=O) groups excluding carboxylic acids is 5.